The minimum atomic E-state index is -0.550. The van der Waals surface area contributed by atoms with Crippen molar-refractivity contribution >= 4 is 23.0 Å². The number of anilines is 1. The number of carbonyl (C=O) groups is 1. The van der Waals surface area contributed by atoms with Gasteiger partial charge < -0.3 is 14.8 Å². The van der Waals surface area contributed by atoms with Crippen LogP contribution in [0.15, 0.2) is 41.5 Å². The molecule has 28 heavy (non-hydrogen) atoms. The third-order valence-electron chi connectivity index (χ3n) is 3.95. The van der Waals surface area contributed by atoms with Crippen LogP contribution in [-0.4, -0.2) is 37.3 Å². The Morgan fingerprint density at radius 1 is 1.11 bits per heavy atom. The fraction of sp³-hybridized carbons (Fsp3) is 0.263. The Kier molecular flexibility index (Phi) is 6.91. The number of hydrogen-bond donors (Lipinski definition) is 2. The molecule has 2 N–H and O–H groups in total. The lowest BCUT2D eigenvalue weighted by molar-refractivity contribution is -0.384. The predicted octanol–water partition coefficient (Wildman–Crippen LogP) is 3.20. The molecule has 2 aromatic rings. The van der Waals surface area contributed by atoms with Crippen molar-refractivity contribution in [3.8, 4) is 11.5 Å². The first kappa shape index (κ1) is 20.7. The van der Waals surface area contributed by atoms with Gasteiger partial charge in [0.05, 0.1) is 24.9 Å². The number of hydrogen-bond acceptors (Lipinski definition) is 7. The molecule has 0 radical (unpaired) electrons. The zero-order valence-corrected chi connectivity index (χ0v) is 16.1. The maximum Gasteiger partial charge on any atom is 0.293 e. The van der Waals surface area contributed by atoms with Gasteiger partial charge in [-0.2, -0.15) is 5.10 Å². The standard InChI is InChI=1S/C19H22N4O5/c1-5-20-15-8-6-14(10-16(15)23(25)26)19(24)22-21-12(2)13-7-9-17(27-3)18(11-13)28-4/h6-11,20H,5H2,1-4H3,(H,22,24)/b21-12+. The van der Waals surface area contributed by atoms with Crippen LogP contribution in [0.2, 0.25) is 0 Å². The van der Waals surface area contributed by atoms with Crippen molar-refractivity contribution < 1.29 is 19.2 Å². The average Bonchev–Trinajstić information content (AvgIpc) is 2.71. The Morgan fingerprint density at radius 3 is 2.39 bits per heavy atom. The van der Waals surface area contributed by atoms with Gasteiger partial charge in [0.25, 0.3) is 11.6 Å². The van der Waals surface area contributed by atoms with Gasteiger partial charge in [0.1, 0.15) is 5.69 Å². The third kappa shape index (κ3) is 4.76. The second kappa shape index (κ2) is 9.36. The monoisotopic (exact) mass is 386 g/mol. The van der Waals surface area contributed by atoms with Gasteiger partial charge in [-0.3, -0.25) is 14.9 Å². The van der Waals surface area contributed by atoms with Gasteiger partial charge in [-0.1, -0.05) is 0 Å². The normalized spacial score (nSPS) is 10.9. The summed E-state index contributed by atoms with van der Waals surface area (Å²) in [6.45, 7) is 4.08. The summed E-state index contributed by atoms with van der Waals surface area (Å²) in [6.07, 6.45) is 0. The van der Waals surface area contributed by atoms with E-state index >= 15 is 0 Å². The van der Waals surface area contributed by atoms with Crippen LogP contribution in [0.4, 0.5) is 11.4 Å². The molecule has 0 aliphatic rings. The van der Waals surface area contributed by atoms with Gasteiger partial charge >= 0.3 is 0 Å². The lowest BCUT2D eigenvalue weighted by Crippen LogP contribution is -2.19. The molecule has 0 saturated carbocycles. The van der Waals surface area contributed by atoms with Gasteiger partial charge in [0, 0.05) is 23.7 Å². The maximum absolute atomic E-state index is 12.3. The first-order valence-corrected chi connectivity index (χ1v) is 8.50. The molecule has 148 valence electrons. The van der Waals surface area contributed by atoms with Crippen LogP contribution < -0.4 is 20.2 Å². The SMILES string of the molecule is CCNc1ccc(C(=O)N/N=C(\C)c2ccc(OC)c(OC)c2)cc1[N+](=O)[O-]. The Labute approximate surface area is 162 Å². The lowest BCUT2D eigenvalue weighted by Gasteiger charge is -2.10. The van der Waals surface area contributed by atoms with Crippen LogP contribution in [0.25, 0.3) is 0 Å². The molecule has 0 aliphatic heterocycles. The Morgan fingerprint density at radius 2 is 1.79 bits per heavy atom. The van der Waals surface area contributed by atoms with Gasteiger partial charge in [-0.15, -0.1) is 0 Å². The number of rotatable bonds is 8. The summed E-state index contributed by atoms with van der Waals surface area (Å²) < 4.78 is 10.4. The van der Waals surface area contributed by atoms with Crippen molar-refractivity contribution in [2.75, 3.05) is 26.1 Å². The zero-order chi connectivity index (χ0) is 20.7. The third-order valence-corrected chi connectivity index (χ3v) is 3.95. The van der Waals surface area contributed by atoms with Crippen LogP contribution in [0.1, 0.15) is 29.8 Å². The summed E-state index contributed by atoms with van der Waals surface area (Å²) in [6, 6.07) is 9.47. The lowest BCUT2D eigenvalue weighted by atomic mass is 10.1. The Balaban J connectivity index is 2.20. The summed E-state index contributed by atoms with van der Waals surface area (Å²) in [5.41, 5.74) is 4.00. The highest BCUT2D eigenvalue weighted by molar-refractivity contribution is 6.01. The van der Waals surface area contributed by atoms with Crippen LogP contribution in [0, 0.1) is 10.1 Å². The number of benzene rings is 2. The number of hydrazone groups is 1. The first-order valence-electron chi connectivity index (χ1n) is 8.50. The van der Waals surface area contributed by atoms with E-state index in [0.29, 0.717) is 29.4 Å². The molecule has 9 nitrogen and oxygen atoms in total. The highest BCUT2D eigenvalue weighted by Gasteiger charge is 2.17. The van der Waals surface area contributed by atoms with Gasteiger partial charge in [0.15, 0.2) is 11.5 Å². The van der Waals surface area contributed by atoms with Crippen LogP contribution in [-0.2, 0) is 0 Å². The number of ether oxygens (including phenoxy) is 2. The fourth-order valence-corrected chi connectivity index (χ4v) is 2.49. The molecule has 0 fully saturated rings. The maximum atomic E-state index is 12.3. The fourth-order valence-electron chi connectivity index (χ4n) is 2.49. The number of nitro benzene ring substituents is 1. The molecular weight excluding hydrogens is 364 g/mol. The van der Waals surface area contributed by atoms with E-state index in [-0.39, 0.29) is 11.3 Å². The Bertz CT molecular complexity index is 911. The van der Waals surface area contributed by atoms with Crippen molar-refractivity contribution in [2.45, 2.75) is 13.8 Å². The second-order valence-corrected chi connectivity index (χ2v) is 5.73. The van der Waals surface area contributed by atoms with Crippen molar-refractivity contribution in [3.63, 3.8) is 0 Å². The van der Waals surface area contributed by atoms with Crippen molar-refractivity contribution in [3.05, 3.63) is 57.6 Å². The zero-order valence-electron chi connectivity index (χ0n) is 16.1. The summed E-state index contributed by atoms with van der Waals surface area (Å²) in [7, 11) is 3.07. The first-order chi connectivity index (χ1) is 13.4. The van der Waals surface area contributed by atoms with E-state index in [9.17, 15) is 14.9 Å². The van der Waals surface area contributed by atoms with Crippen LogP contribution in [0.5, 0.6) is 11.5 Å². The predicted molar refractivity (Wildman–Crippen MR) is 106 cm³/mol. The largest absolute Gasteiger partial charge is 0.493 e. The van der Waals surface area contributed by atoms with E-state index in [1.807, 2.05) is 6.92 Å². The van der Waals surface area contributed by atoms with E-state index in [0.717, 1.165) is 5.56 Å². The summed E-state index contributed by atoms with van der Waals surface area (Å²) >= 11 is 0. The molecule has 0 saturated heterocycles. The molecule has 0 bridgehead atoms. The minimum absolute atomic E-state index is 0.136. The molecule has 2 aromatic carbocycles. The molecule has 0 aliphatic carbocycles. The van der Waals surface area contributed by atoms with Crippen LogP contribution >= 0.6 is 0 Å². The van der Waals surface area contributed by atoms with Gasteiger partial charge in [-0.25, -0.2) is 5.43 Å². The number of nitrogens with zero attached hydrogens (tertiary/aromatic N) is 2. The molecule has 2 rings (SSSR count). The molecule has 0 unspecified atom stereocenters. The van der Waals surface area contributed by atoms with E-state index < -0.39 is 10.8 Å². The van der Waals surface area contributed by atoms with E-state index in [1.54, 1.807) is 32.2 Å². The van der Waals surface area contributed by atoms with E-state index in [1.165, 1.54) is 25.3 Å². The highest BCUT2D eigenvalue weighted by atomic mass is 16.6. The number of nitro groups is 1. The number of carbonyl (C=O) groups excluding carboxylic acids is 1. The van der Waals surface area contributed by atoms with Crippen molar-refractivity contribution in [2.24, 2.45) is 5.10 Å². The molecule has 0 atom stereocenters. The number of methoxy groups -OCH3 is 2. The molecule has 0 aromatic heterocycles. The number of nitrogens with one attached hydrogen (secondary N) is 2. The average molecular weight is 386 g/mol. The molecule has 9 heteroatoms. The second-order valence-electron chi connectivity index (χ2n) is 5.73. The van der Waals surface area contributed by atoms with Gasteiger partial charge in [-0.05, 0) is 44.2 Å². The quantitative estimate of drug-likeness (QED) is 0.409. The molecule has 0 heterocycles. The molecule has 1 amide bonds. The topological polar surface area (TPSA) is 115 Å². The smallest absolute Gasteiger partial charge is 0.293 e. The van der Waals surface area contributed by atoms with Crippen LogP contribution in [0.3, 0.4) is 0 Å². The van der Waals surface area contributed by atoms with Crippen molar-refractivity contribution in [1.82, 2.24) is 5.43 Å². The summed E-state index contributed by atoms with van der Waals surface area (Å²) in [5, 5.41) is 18.2. The van der Waals surface area contributed by atoms with E-state index in [4.69, 9.17) is 9.47 Å². The summed E-state index contributed by atoms with van der Waals surface area (Å²) in [5.74, 6) is 0.567. The molecule has 0 spiro atoms. The molecular formula is C19H22N4O5. The summed E-state index contributed by atoms with van der Waals surface area (Å²) in [4.78, 5) is 23.0. The number of amides is 1. The minimum Gasteiger partial charge on any atom is -0.493 e. The Hall–Kier alpha value is -3.62. The van der Waals surface area contributed by atoms with E-state index in [2.05, 4.69) is 15.8 Å². The van der Waals surface area contributed by atoms with Gasteiger partial charge in [0.2, 0.25) is 0 Å². The van der Waals surface area contributed by atoms with Crippen molar-refractivity contribution in [1.29, 1.82) is 0 Å². The highest BCUT2D eigenvalue weighted by Crippen LogP contribution is 2.28.